The van der Waals surface area contributed by atoms with Crippen molar-refractivity contribution in [3.8, 4) is 11.5 Å². The smallest absolute Gasteiger partial charge is 0.234 e. The van der Waals surface area contributed by atoms with Gasteiger partial charge in [0.05, 0.1) is 11.4 Å². The van der Waals surface area contributed by atoms with E-state index < -0.39 is 0 Å². The summed E-state index contributed by atoms with van der Waals surface area (Å²) >= 11 is 5.72. The van der Waals surface area contributed by atoms with Crippen molar-refractivity contribution < 1.29 is 9.32 Å². The quantitative estimate of drug-likeness (QED) is 0.834. The number of Topliss-reactive ketones (excluding diaryl/α,β-unsaturated/α-hetero) is 1. The molecule has 0 fully saturated rings. The zero-order valence-corrected chi connectivity index (χ0v) is 9.94. The summed E-state index contributed by atoms with van der Waals surface area (Å²) in [4.78, 5) is 19.4. The van der Waals surface area contributed by atoms with Crippen molar-refractivity contribution in [3.63, 3.8) is 0 Å². The van der Waals surface area contributed by atoms with Crippen LogP contribution in [0.1, 0.15) is 19.2 Å². The Morgan fingerprint density at radius 3 is 2.94 bits per heavy atom. The van der Waals surface area contributed by atoms with Gasteiger partial charge in [-0.25, -0.2) is 0 Å². The second-order valence-corrected chi connectivity index (χ2v) is 3.88. The first kappa shape index (κ1) is 11.7. The van der Waals surface area contributed by atoms with Crippen molar-refractivity contribution in [1.29, 1.82) is 0 Å². The van der Waals surface area contributed by atoms with E-state index in [1.807, 2.05) is 0 Å². The van der Waals surface area contributed by atoms with Crippen molar-refractivity contribution in [3.05, 3.63) is 29.2 Å². The molecule has 0 aromatic carbocycles. The molecule has 0 radical (unpaired) electrons. The van der Waals surface area contributed by atoms with Gasteiger partial charge in [0.25, 0.3) is 0 Å². The standard InChI is InChI=1S/C11H10ClN3O2/c1-2-8(16)5-10-14-11(15-17-10)9-4-3-7(12)6-13-9/h3-4,6H,2,5H2,1H3. The van der Waals surface area contributed by atoms with Gasteiger partial charge in [0.2, 0.25) is 11.7 Å². The summed E-state index contributed by atoms with van der Waals surface area (Å²) in [6.07, 6.45) is 2.12. The van der Waals surface area contributed by atoms with Gasteiger partial charge in [-0.15, -0.1) is 0 Å². The lowest BCUT2D eigenvalue weighted by atomic mass is 10.2. The van der Waals surface area contributed by atoms with Gasteiger partial charge in [0.1, 0.15) is 11.5 Å². The van der Waals surface area contributed by atoms with Gasteiger partial charge >= 0.3 is 0 Å². The lowest BCUT2D eigenvalue weighted by molar-refractivity contribution is -0.118. The van der Waals surface area contributed by atoms with Crippen LogP contribution in [0, 0.1) is 0 Å². The van der Waals surface area contributed by atoms with E-state index in [-0.39, 0.29) is 12.2 Å². The van der Waals surface area contributed by atoms with E-state index >= 15 is 0 Å². The molecule has 0 aliphatic heterocycles. The average molecular weight is 252 g/mol. The fraction of sp³-hybridized carbons (Fsp3) is 0.273. The summed E-state index contributed by atoms with van der Waals surface area (Å²) < 4.78 is 4.97. The number of nitrogens with zero attached hydrogens (tertiary/aromatic N) is 3. The summed E-state index contributed by atoms with van der Waals surface area (Å²) in [5.74, 6) is 0.730. The maximum Gasteiger partial charge on any atom is 0.234 e. The highest BCUT2D eigenvalue weighted by Gasteiger charge is 2.12. The van der Waals surface area contributed by atoms with E-state index in [1.54, 1.807) is 19.1 Å². The molecule has 88 valence electrons. The van der Waals surface area contributed by atoms with E-state index in [4.69, 9.17) is 16.1 Å². The van der Waals surface area contributed by atoms with Crippen molar-refractivity contribution >= 4 is 17.4 Å². The van der Waals surface area contributed by atoms with Gasteiger partial charge in [-0.2, -0.15) is 4.98 Å². The Morgan fingerprint density at radius 2 is 2.29 bits per heavy atom. The minimum Gasteiger partial charge on any atom is -0.338 e. The third-order valence-corrected chi connectivity index (χ3v) is 2.39. The average Bonchev–Trinajstić information content (AvgIpc) is 2.78. The molecule has 2 aromatic rings. The number of pyridine rings is 1. The molecule has 0 saturated heterocycles. The second kappa shape index (κ2) is 5.05. The van der Waals surface area contributed by atoms with Gasteiger partial charge in [-0.1, -0.05) is 23.7 Å². The van der Waals surface area contributed by atoms with Crippen LogP contribution in [0.5, 0.6) is 0 Å². The molecule has 0 atom stereocenters. The van der Waals surface area contributed by atoms with Crippen molar-refractivity contribution in [2.45, 2.75) is 19.8 Å². The molecule has 0 saturated carbocycles. The molecule has 0 amide bonds. The van der Waals surface area contributed by atoms with Crippen LogP contribution in [0.25, 0.3) is 11.5 Å². The highest BCUT2D eigenvalue weighted by atomic mass is 35.5. The lowest BCUT2D eigenvalue weighted by Crippen LogP contribution is -2.00. The number of ketones is 1. The second-order valence-electron chi connectivity index (χ2n) is 3.44. The van der Waals surface area contributed by atoms with Crippen LogP contribution in [0.4, 0.5) is 0 Å². The molecule has 0 unspecified atom stereocenters. The van der Waals surface area contributed by atoms with Gasteiger partial charge in [0, 0.05) is 12.6 Å². The SMILES string of the molecule is CCC(=O)Cc1nc(-c2ccc(Cl)cn2)no1. The molecule has 5 nitrogen and oxygen atoms in total. The zero-order chi connectivity index (χ0) is 12.3. The topological polar surface area (TPSA) is 68.9 Å². The Kier molecular flexibility index (Phi) is 3.49. The van der Waals surface area contributed by atoms with E-state index in [1.165, 1.54) is 6.20 Å². The number of rotatable bonds is 4. The van der Waals surface area contributed by atoms with E-state index in [0.717, 1.165) is 0 Å². The largest absolute Gasteiger partial charge is 0.338 e. The van der Waals surface area contributed by atoms with Crippen LogP contribution in [0.15, 0.2) is 22.9 Å². The maximum absolute atomic E-state index is 11.2. The molecule has 17 heavy (non-hydrogen) atoms. The van der Waals surface area contributed by atoms with Crippen molar-refractivity contribution in [2.75, 3.05) is 0 Å². The molecule has 6 heteroatoms. The molecule has 2 heterocycles. The number of halogens is 1. The van der Waals surface area contributed by atoms with Crippen LogP contribution < -0.4 is 0 Å². The van der Waals surface area contributed by atoms with Crippen LogP contribution in [-0.2, 0) is 11.2 Å². The number of hydrogen-bond donors (Lipinski definition) is 0. The Morgan fingerprint density at radius 1 is 1.47 bits per heavy atom. The predicted molar refractivity (Wildman–Crippen MR) is 61.5 cm³/mol. The normalized spacial score (nSPS) is 10.5. The van der Waals surface area contributed by atoms with Gasteiger partial charge in [-0.05, 0) is 12.1 Å². The van der Waals surface area contributed by atoms with Crippen LogP contribution in [-0.4, -0.2) is 20.9 Å². The third-order valence-electron chi connectivity index (χ3n) is 2.17. The Bertz CT molecular complexity index is 522. The first-order valence-electron chi connectivity index (χ1n) is 5.15. The number of carbonyl (C=O) groups is 1. The number of hydrogen-bond acceptors (Lipinski definition) is 5. The van der Waals surface area contributed by atoms with E-state index in [9.17, 15) is 4.79 Å². The van der Waals surface area contributed by atoms with Gasteiger partial charge < -0.3 is 4.52 Å². The minimum atomic E-state index is 0.0595. The molecule has 0 N–H and O–H groups in total. The van der Waals surface area contributed by atoms with Crippen LogP contribution in [0.3, 0.4) is 0 Å². The van der Waals surface area contributed by atoms with Crippen LogP contribution in [0.2, 0.25) is 5.02 Å². The summed E-state index contributed by atoms with van der Waals surface area (Å²) in [6.45, 7) is 1.79. The number of carbonyl (C=O) groups excluding carboxylic acids is 1. The van der Waals surface area contributed by atoms with Crippen molar-refractivity contribution in [2.24, 2.45) is 0 Å². The van der Waals surface area contributed by atoms with Gasteiger partial charge in [-0.3, -0.25) is 9.78 Å². The molecule has 0 bridgehead atoms. The third kappa shape index (κ3) is 2.88. The molecular formula is C11H10ClN3O2. The number of aromatic nitrogens is 3. The van der Waals surface area contributed by atoms with E-state index in [2.05, 4.69) is 15.1 Å². The Balaban J connectivity index is 2.18. The zero-order valence-electron chi connectivity index (χ0n) is 9.18. The summed E-state index contributed by atoms with van der Waals surface area (Å²) in [7, 11) is 0. The van der Waals surface area contributed by atoms with E-state index in [0.29, 0.717) is 28.9 Å². The first-order valence-corrected chi connectivity index (χ1v) is 5.53. The summed E-state index contributed by atoms with van der Waals surface area (Å²) in [6, 6.07) is 3.38. The Labute approximate surface area is 103 Å². The molecule has 0 spiro atoms. The monoisotopic (exact) mass is 251 g/mol. The molecule has 2 aromatic heterocycles. The summed E-state index contributed by atoms with van der Waals surface area (Å²) in [5.41, 5.74) is 0.563. The molecule has 0 aliphatic rings. The van der Waals surface area contributed by atoms with Gasteiger partial charge in [0.15, 0.2) is 0 Å². The molecular weight excluding hydrogens is 242 g/mol. The minimum absolute atomic E-state index is 0.0595. The lowest BCUT2D eigenvalue weighted by Gasteiger charge is -1.92. The maximum atomic E-state index is 11.2. The highest BCUT2D eigenvalue weighted by molar-refractivity contribution is 6.30. The van der Waals surface area contributed by atoms with Crippen molar-refractivity contribution in [1.82, 2.24) is 15.1 Å². The fourth-order valence-electron chi connectivity index (χ4n) is 1.23. The molecule has 2 rings (SSSR count). The highest BCUT2D eigenvalue weighted by Crippen LogP contribution is 2.15. The fourth-order valence-corrected chi connectivity index (χ4v) is 1.34. The predicted octanol–water partition coefficient (Wildman–Crippen LogP) is 2.31. The van der Waals surface area contributed by atoms with Crippen LogP contribution >= 0.6 is 11.6 Å². The first-order chi connectivity index (χ1) is 8.19. The summed E-state index contributed by atoms with van der Waals surface area (Å²) in [5, 5.41) is 4.30. The molecule has 0 aliphatic carbocycles. The Hall–Kier alpha value is -1.75.